The summed E-state index contributed by atoms with van der Waals surface area (Å²) < 4.78 is 13.1. The van der Waals surface area contributed by atoms with Crippen LogP contribution in [0.4, 0.5) is 0 Å². The van der Waals surface area contributed by atoms with Crippen LogP contribution in [0.1, 0.15) is 40.5 Å². The third kappa shape index (κ3) is 2.45. The second-order valence-electron chi connectivity index (χ2n) is 10.2. The summed E-state index contributed by atoms with van der Waals surface area (Å²) >= 11 is 0. The topological polar surface area (TPSA) is 18.5 Å². The highest BCUT2D eigenvalue weighted by molar-refractivity contribution is 6.92. The Hall–Kier alpha value is -0.838. The van der Waals surface area contributed by atoms with E-state index in [1.54, 1.807) is 0 Å². The van der Waals surface area contributed by atoms with Gasteiger partial charge < -0.3 is 9.31 Å². The smallest absolute Gasteiger partial charge is 0.402 e. The van der Waals surface area contributed by atoms with Gasteiger partial charge in [0.25, 0.3) is 0 Å². The van der Waals surface area contributed by atoms with Crippen molar-refractivity contribution in [2.75, 3.05) is 0 Å². The summed E-state index contributed by atoms with van der Waals surface area (Å²) in [6.45, 7) is 18.8. The van der Waals surface area contributed by atoms with Crippen LogP contribution in [0, 0.1) is 17.3 Å². The molecule has 0 aromatic heterocycles. The van der Waals surface area contributed by atoms with Crippen LogP contribution in [0.15, 0.2) is 42.4 Å². The molecule has 3 saturated carbocycles. The molecule has 0 amide bonds. The molecule has 140 valence electrons. The van der Waals surface area contributed by atoms with E-state index in [0.717, 1.165) is 17.8 Å². The van der Waals surface area contributed by atoms with Crippen LogP contribution >= 0.6 is 0 Å². The molecule has 2 bridgehead atoms. The average Bonchev–Trinajstić information content (AvgIpc) is 2.98. The Labute approximate surface area is 160 Å². The molecule has 4 heteroatoms. The molecule has 0 N–H and O–H groups in total. The van der Waals surface area contributed by atoms with Crippen molar-refractivity contribution in [3.05, 3.63) is 42.4 Å². The highest BCUT2D eigenvalue weighted by Crippen LogP contribution is 2.66. The van der Waals surface area contributed by atoms with E-state index in [0.29, 0.717) is 16.9 Å². The van der Waals surface area contributed by atoms with E-state index in [-0.39, 0.29) is 18.8 Å². The first-order valence-electron chi connectivity index (χ1n) is 10.2. The lowest BCUT2D eigenvalue weighted by atomic mass is 9.43. The molecule has 1 aromatic rings. The number of allylic oxidation sites excluding steroid dienone is 1. The van der Waals surface area contributed by atoms with Gasteiger partial charge in [-0.2, -0.15) is 0 Å². The van der Waals surface area contributed by atoms with Crippen molar-refractivity contribution in [3.63, 3.8) is 0 Å². The Bertz CT molecular complexity index is 716. The largest absolute Gasteiger partial charge is 0.489 e. The zero-order valence-corrected chi connectivity index (χ0v) is 18.2. The van der Waals surface area contributed by atoms with Gasteiger partial charge in [-0.05, 0) is 48.0 Å². The predicted molar refractivity (Wildman–Crippen MR) is 112 cm³/mol. The van der Waals surface area contributed by atoms with E-state index in [4.69, 9.17) is 9.31 Å². The van der Waals surface area contributed by atoms with Crippen LogP contribution < -0.4 is 5.19 Å². The van der Waals surface area contributed by atoms with Crippen molar-refractivity contribution in [1.82, 2.24) is 0 Å². The molecule has 1 heterocycles. The van der Waals surface area contributed by atoms with Crippen molar-refractivity contribution in [3.8, 4) is 0 Å². The molecule has 4 fully saturated rings. The lowest BCUT2D eigenvalue weighted by Crippen LogP contribution is -2.65. The highest BCUT2D eigenvalue weighted by atomic mass is 28.3. The molecule has 0 radical (unpaired) electrons. The van der Waals surface area contributed by atoms with Gasteiger partial charge in [0, 0.05) is 0 Å². The number of benzene rings is 1. The fourth-order valence-corrected chi connectivity index (χ4v) is 8.42. The van der Waals surface area contributed by atoms with Gasteiger partial charge in [0.1, 0.15) is 0 Å². The molecule has 3 aliphatic carbocycles. The third-order valence-corrected chi connectivity index (χ3v) is 12.8. The fourth-order valence-electron chi connectivity index (χ4n) is 5.81. The lowest BCUT2D eigenvalue weighted by Gasteiger charge is -2.64. The third-order valence-electron chi connectivity index (χ3n) is 8.41. The monoisotopic (exact) mass is 368 g/mol. The van der Waals surface area contributed by atoms with Gasteiger partial charge in [-0.1, -0.05) is 69.4 Å². The van der Waals surface area contributed by atoms with Gasteiger partial charge in [0.05, 0.1) is 19.8 Å². The maximum Gasteiger partial charge on any atom is 0.489 e. The van der Waals surface area contributed by atoms with Crippen LogP contribution in [-0.4, -0.2) is 26.9 Å². The van der Waals surface area contributed by atoms with Gasteiger partial charge in [-0.3, -0.25) is 0 Å². The zero-order chi connectivity index (χ0) is 18.9. The molecule has 1 unspecified atom stereocenters. The Morgan fingerprint density at radius 1 is 1.19 bits per heavy atom. The summed E-state index contributed by atoms with van der Waals surface area (Å²) in [5.74, 6) is 1.39. The van der Waals surface area contributed by atoms with Gasteiger partial charge in [-0.25, -0.2) is 0 Å². The Balaban J connectivity index is 1.53. The maximum absolute atomic E-state index is 6.65. The zero-order valence-electron chi connectivity index (χ0n) is 17.2. The molecule has 2 nitrogen and oxygen atoms in total. The first kappa shape index (κ1) is 18.5. The van der Waals surface area contributed by atoms with Gasteiger partial charge in [0.2, 0.25) is 0 Å². The SMILES string of the molecule is C=C(B1OC2C[C@H]3C[C@H](C3(C)C)[C@@]2(C)O1)[C@H](C)[Si](C)(C)c1ccccc1. The van der Waals surface area contributed by atoms with E-state index in [1.165, 1.54) is 11.6 Å². The van der Waals surface area contributed by atoms with E-state index < -0.39 is 8.07 Å². The van der Waals surface area contributed by atoms with E-state index in [1.807, 2.05) is 0 Å². The minimum Gasteiger partial charge on any atom is -0.402 e. The summed E-state index contributed by atoms with van der Waals surface area (Å²) in [6.07, 6.45) is 2.66. The van der Waals surface area contributed by atoms with Gasteiger partial charge in [0.15, 0.2) is 0 Å². The Morgan fingerprint density at radius 3 is 2.46 bits per heavy atom. The van der Waals surface area contributed by atoms with Crippen LogP contribution in [-0.2, 0) is 9.31 Å². The number of rotatable bonds is 4. The van der Waals surface area contributed by atoms with Crippen molar-refractivity contribution in [2.24, 2.45) is 17.3 Å². The van der Waals surface area contributed by atoms with Crippen LogP contribution in [0.25, 0.3) is 0 Å². The normalized spacial score (nSPS) is 36.2. The second kappa shape index (κ2) is 5.83. The van der Waals surface area contributed by atoms with Gasteiger partial charge >= 0.3 is 7.12 Å². The van der Waals surface area contributed by atoms with Crippen molar-refractivity contribution in [1.29, 1.82) is 0 Å². The average molecular weight is 368 g/mol. The minimum absolute atomic E-state index is 0.149. The summed E-state index contributed by atoms with van der Waals surface area (Å²) in [5.41, 5.74) is 1.77. The molecule has 5 atom stereocenters. The molecule has 4 aliphatic rings. The summed E-state index contributed by atoms with van der Waals surface area (Å²) in [7, 11) is -1.93. The Kier molecular flexibility index (Phi) is 4.15. The van der Waals surface area contributed by atoms with Crippen LogP contribution in [0.5, 0.6) is 0 Å². The molecule has 1 saturated heterocycles. The lowest BCUT2D eigenvalue weighted by molar-refractivity contribution is -0.199. The molecule has 5 rings (SSSR count). The standard InChI is InChI=1S/C22H33BO2Si/c1-15(16(2)26(6,7)18-11-9-8-10-12-18)23-24-20-14-17-13-19(21(17,3)4)22(20,5)25-23/h8-12,16-17,19-20H,1,13-14H2,2-7H3/t16-,17+,19+,20?,22+/m0/s1. The van der Waals surface area contributed by atoms with Crippen LogP contribution in [0.2, 0.25) is 18.6 Å². The first-order valence-corrected chi connectivity index (χ1v) is 13.2. The molecular formula is C22H33BO2Si. The predicted octanol–water partition coefficient (Wildman–Crippen LogP) is 4.82. The summed E-state index contributed by atoms with van der Waals surface area (Å²) in [5, 5.41) is 1.47. The van der Waals surface area contributed by atoms with E-state index in [9.17, 15) is 0 Å². The second-order valence-corrected chi connectivity index (χ2v) is 15.1. The quantitative estimate of drug-likeness (QED) is 0.710. The minimum atomic E-state index is -1.68. The summed E-state index contributed by atoms with van der Waals surface area (Å²) in [6, 6.07) is 10.9. The fraction of sp³-hybridized carbons (Fsp3) is 0.636. The molecule has 0 spiro atoms. The van der Waals surface area contributed by atoms with Crippen molar-refractivity contribution in [2.45, 2.75) is 70.9 Å². The summed E-state index contributed by atoms with van der Waals surface area (Å²) in [4.78, 5) is 0. The van der Waals surface area contributed by atoms with E-state index >= 15 is 0 Å². The molecule has 1 aliphatic heterocycles. The van der Waals surface area contributed by atoms with Crippen molar-refractivity contribution < 1.29 is 9.31 Å². The molecule has 26 heavy (non-hydrogen) atoms. The Morgan fingerprint density at radius 2 is 1.85 bits per heavy atom. The molecule has 1 aromatic carbocycles. The van der Waals surface area contributed by atoms with Crippen molar-refractivity contribution >= 4 is 20.4 Å². The molecular weight excluding hydrogens is 335 g/mol. The maximum atomic E-state index is 6.65. The number of hydrogen-bond donors (Lipinski definition) is 0. The number of hydrogen-bond acceptors (Lipinski definition) is 2. The first-order chi connectivity index (χ1) is 12.1. The highest BCUT2D eigenvalue weighted by Gasteiger charge is 2.68. The van der Waals surface area contributed by atoms with Gasteiger partial charge in [-0.15, -0.1) is 6.58 Å². The van der Waals surface area contributed by atoms with Crippen LogP contribution in [0.3, 0.4) is 0 Å². The van der Waals surface area contributed by atoms with E-state index in [2.05, 4.69) is 77.7 Å².